The first-order valence-corrected chi connectivity index (χ1v) is 12.2. The van der Waals surface area contributed by atoms with Gasteiger partial charge in [-0.1, -0.05) is 36.1 Å². The maximum absolute atomic E-state index is 12.5. The topological polar surface area (TPSA) is 67.9 Å². The van der Waals surface area contributed by atoms with Crippen LogP contribution >= 0.6 is 46.6 Å². The Morgan fingerprint density at radius 1 is 1.31 bits per heavy atom. The average molecular weight is 582 g/mol. The van der Waals surface area contributed by atoms with E-state index in [1.165, 1.54) is 18.9 Å². The molecule has 1 aliphatic heterocycles. The van der Waals surface area contributed by atoms with Gasteiger partial charge in [-0.2, -0.15) is 0 Å². The lowest BCUT2D eigenvalue weighted by Crippen LogP contribution is -2.27. The van der Waals surface area contributed by atoms with Gasteiger partial charge in [-0.25, -0.2) is 0 Å². The van der Waals surface area contributed by atoms with Crippen LogP contribution in [0.3, 0.4) is 0 Å². The molecule has 1 fully saturated rings. The van der Waals surface area contributed by atoms with Crippen molar-refractivity contribution in [3.8, 4) is 11.5 Å². The lowest BCUT2D eigenvalue weighted by Gasteiger charge is -2.15. The van der Waals surface area contributed by atoms with Crippen LogP contribution in [0.2, 0.25) is 0 Å². The Balaban J connectivity index is 1.75. The normalized spacial score (nSPS) is 14.8. The summed E-state index contributed by atoms with van der Waals surface area (Å²) in [6.45, 7) is 6.23. The molecule has 6 nitrogen and oxygen atoms in total. The molecule has 3 rings (SSSR count). The molecule has 0 aliphatic carbocycles. The van der Waals surface area contributed by atoms with E-state index in [-0.39, 0.29) is 18.4 Å². The molecule has 2 aromatic rings. The van der Waals surface area contributed by atoms with Crippen LogP contribution in [-0.2, 0) is 9.59 Å². The molecule has 0 bridgehead atoms. The molecule has 0 saturated carbocycles. The van der Waals surface area contributed by atoms with E-state index in [1.54, 1.807) is 17.0 Å². The molecule has 168 valence electrons. The van der Waals surface area contributed by atoms with Crippen molar-refractivity contribution in [2.75, 3.05) is 25.6 Å². The predicted molar refractivity (Wildman–Crippen MR) is 141 cm³/mol. The van der Waals surface area contributed by atoms with Crippen molar-refractivity contribution < 1.29 is 19.1 Å². The summed E-state index contributed by atoms with van der Waals surface area (Å²) in [7, 11) is 1.54. The molecular formula is C23H23IN2O4S2. The van der Waals surface area contributed by atoms with Crippen molar-refractivity contribution in [3.63, 3.8) is 0 Å². The molecule has 2 amide bonds. The Morgan fingerprint density at radius 2 is 2.06 bits per heavy atom. The zero-order valence-corrected chi connectivity index (χ0v) is 21.9. The van der Waals surface area contributed by atoms with Crippen LogP contribution < -0.4 is 14.8 Å². The van der Waals surface area contributed by atoms with Gasteiger partial charge in [0.25, 0.3) is 11.8 Å². The number of likely N-dealkylation sites (N-methyl/N-ethyl adjacent to an activating group) is 1. The molecule has 2 aromatic carbocycles. The number of thioether (sulfide) groups is 1. The van der Waals surface area contributed by atoms with E-state index >= 15 is 0 Å². The molecular weight excluding hydrogens is 559 g/mol. The lowest BCUT2D eigenvalue weighted by atomic mass is 10.1. The fourth-order valence-corrected chi connectivity index (χ4v) is 5.26. The number of amides is 2. The third-order valence-corrected chi connectivity index (χ3v) is 7.14. The summed E-state index contributed by atoms with van der Waals surface area (Å²) in [6.07, 6.45) is 1.79. The van der Waals surface area contributed by atoms with Crippen molar-refractivity contribution in [3.05, 3.63) is 55.5 Å². The van der Waals surface area contributed by atoms with Gasteiger partial charge >= 0.3 is 0 Å². The fraction of sp³-hybridized carbons (Fsp3) is 0.261. The number of methoxy groups -OCH3 is 1. The summed E-state index contributed by atoms with van der Waals surface area (Å²) in [6, 6.07) is 9.41. The van der Waals surface area contributed by atoms with E-state index in [1.807, 2.05) is 45.0 Å². The standard InChI is InChI=1S/C23H23IN2O4S2/c1-5-26-22(28)19(32-23(26)31)11-15-9-16(24)21(18(10-15)29-4)30-12-20(27)25-17-8-6-7-13(2)14(17)3/h6-11H,5,12H2,1-4H3,(H,25,27)/b19-11-. The smallest absolute Gasteiger partial charge is 0.266 e. The van der Waals surface area contributed by atoms with Crippen LogP contribution in [0.15, 0.2) is 35.2 Å². The summed E-state index contributed by atoms with van der Waals surface area (Å²) in [4.78, 5) is 27.1. The number of anilines is 1. The van der Waals surface area contributed by atoms with E-state index in [9.17, 15) is 9.59 Å². The number of carbonyl (C=O) groups excluding carboxylic acids is 2. The van der Waals surface area contributed by atoms with Crippen molar-refractivity contribution in [1.82, 2.24) is 4.90 Å². The highest BCUT2D eigenvalue weighted by atomic mass is 127. The molecule has 0 unspecified atom stereocenters. The number of rotatable bonds is 7. The second-order valence-corrected chi connectivity index (χ2v) is 9.88. The van der Waals surface area contributed by atoms with E-state index in [4.69, 9.17) is 21.7 Å². The number of halogens is 1. The van der Waals surface area contributed by atoms with Crippen LogP contribution in [-0.4, -0.2) is 41.3 Å². The molecule has 9 heteroatoms. The van der Waals surface area contributed by atoms with E-state index < -0.39 is 0 Å². The Bertz CT molecular complexity index is 1120. The van der Waals surface area contributed by atoms with Crippen molar-refractivity contribution in [2.24, 2.45) is 0 Å². The zero-order chi connectivity index (χ0) is 23.4. The van der Waals surface area contributed by atoms with Crippen LogP contribution in [0.5, 0.6) is 11.5 Å². The predicted octanol–water partition coefficient (Wildman–Crippen LogP) is 5.16. The number of hydrogen-bond acceptors (Lipinski definition) is 6. The van der Waals surface area contributed by atoms with Gasteiger partial charge in [-0.15, -0.1) is 0 Å². The highest BCUT2D eigenvalue weighted by Crippen LogP contribution is 2.37. The molecule has 0 spiro atoms. The van der Waals surface area contributed by atoms with Gasteiger partial charge in [0.15, 0.2) is 18.1 Å². The lowest BCUT2D eigenvalue weighted by molar-refractivity contribution is -0.122. The van der Waals surface area contributed by atoms with Gasteiger partial charge in [0.05, 0.1) is 15.6 Å². The Morgan fingerprint density at radius 3 is 2.72 bits per heavy atom. The quantitative estimate of drug-likeness (QED) is 0.277. The highest BCUT2D eigenvalue weighted by molar-refractivity contribution is 14.1. The van der Waals surface area contributed by atoms with E-state index in [0.717, 1.165) is 25.9 Å². The number of nitrogens with zero attached hydrogens (tertiary/aromatic N) is 1. The van der Waals surface area contributed by atoms with Gasteiger partial charge in [-0.3, -0.25) is 14.5 Å². The highest BCUT2D eigenvalue weighted by Gasteiger charge is 2.30. The van der Waals surface area contributed by atoms with Crippen LogP contribution in [0.1, 0.15) is 23.6 Å². The third-order valence-electron chi connectivity index (χ3n) is 4.97. The first-order valence-electron chi connectivity index (χ1n) is 9.86. The fourth-order valence-electron chi connectivity index (χ4n) is 3.10. The minimum absolute atomic E-state index is 0.0973. The SMILES string of the molecule is CCN1C(=O)/C(=C/c2cc(I)c(OCC(=O)Nc3cccc(C)c3C)c(OC)c2)SC1=S. The maximum Gasteiger partial charge on any atom is 0.266 e. The Labute approximate surface area is 210 Å². The number of thiocarbonyl (C=S) groups is 1. The Hall–Kier alpha value is -2.11. The number of carbonyl (C=O) groups is 2. The molecule has 1 aliphatic rings. The molecule has 0 aromatic heterocycles. The molecule has 0 radical (unpaired) electrons. The minimum atomic E-state index is -0.260. The van der Waals surface area contributed by atoms with Crippen molar-refractivity contribution in [2.45, 2.75) is 20.8 Å². The van der Waals surface area contributed by atoms with Crippen LogP contribution in [0.4, 0.5) is 5.69 Å². The average Bonchev–Trinajstić information content (AvgIpc) is 3.02. The molecule has 32 heavy (non-hydrogen) atoms. The van der Waals surface area contributed by atoms with E-state index in [2.05, 4.69) is 27.9 Å². The zero-order valence-electron chi connectivity index (χ0n) is 18.2. The summed E-state index contributed by atoms with van der Waals surface area (Å²) >= 11 is 8.68. The van der Waals surface area contributed by atoms with Gasteiger partial charge in [-0.05, 0) is 84.3 Å². The second kappa shape index (κ2) is 10.7. The van der Waals surface area contributed by atoms with Gasteiger partial charge in [0.1, 0.15) is 4.32 Å². The number of aryl methyl sites for hydroxylation is 1. The molecule has 1 saturated heterocycles. The van der Waals surface area contributed by atoms with Crippen LogP contribution in [0.25, 0.3) is 6.08 Å². The number of nitrogens with one attached hydrogen (secondary N) is 1. The summed E-state index contributed by atoms with van der Waals surface area (Å²) in [5.41, 5.74) is 3.67. The minimum Gasteiger partial charge on any atom is -0.493 e. The van der Waals surface area contributed by atoms with Gasteiger partial charge in [0, 0.05) is 12.2 Å². The molecule has 1 heterocycles. The third kappa shape index (κ3) is 5.44. The largest absolute Gasteiger partial charge is 0.493 e. The monoisotopic (exact) mass is 582 g/mol. The maximum atomic E-state index is 12.5. The van der Waals surface area contributed by atoms with Crippen LogP contribution in [0, 0.1) is 17.4 Å². The second-order valence-electron chi connectivity index (χ2n) is 7.04. The van der Waals surface area contributed by atoms with Gasteiger partial charge < -0.3 is 14.8 Å². The number of benzene rings is 2. The first kappa shape index (κ1) is 24.5. The van der Waals surface area contributed by atoms with Crippen molar-refractivity contribution >= 4 is 74.5 Å². The summed E-state index contributed by atoms with van der Waals surface area (Å²) in [5.74, 6) is 0.597. The van der Waals surface area contributed by atoms with Gasteiger partial charge in [0.2, 0.25) is 0 Å². The summed E-state index contributed by atoms with van der Waals surface area (Å²) in [5, 5.41) is 2.88. The van der Waals surface area contributed by atoms with Crippen molar-refractivity contribution in [1.29, 1.82) is 0 Å². The first-order chi connectivity index (χ1) is 15.2. The molecule has 1 N–H and O–H groups in total. The number of ether oxygens (including phenoxy) is 2. The van der Waals surface area contributed by atoms with E-state index in [0.29, 0.717) is 27.3 Å². The summed E-state index contributed by atoms with van der Waals surface area (Å²) < 4.78 is 12.6. The molecule has 0 atom stereocenters. The Kier molecular flexibility index (Phi) is 8.18. The number of hydrogen-bond donors (Lipinski definition) is 1.